The van der Waals surface area contributed by atoms with E-state index in [2.05, 4.69) is 17.3 Å². The van der Waals surface area contributed by atoms with Gasteiger partial charge in [-0.1, -0.05) is 12.1 Å². The number of amides is 2. The summed E-state index contributed by atoms with van der Waals surface area (Å²) in [5.41, 5.74) is 8.32. The first-order valence-electron chi connectivity index (χ1n) is 11.8. The van der Waals surface area contributed by atoms with Crippen molar-refractivity contribution >= 4 is 23.2 Å². The molecule has 3 N–H and O–H groups in total. The van der Waals surface area contributed by atoms with Gasteiger partial charge in [0.25, 0.3) is 5.91 Å². The van der Waals surface area contributed by atoms with E-state index in [1.165, 1.54) is 7.11 Å². The first-order chi connectivity index (χ1) is 16.4. The van der Waals surface area contributed by atoms with Crippen LogP contribution in [0.25, 0.3) is 0 Å². The Kier molecular flexibility index (Phi) is 9.16. The van der Waals surface area contributed by atoms with Crippen LogP contribution in [0.15, 0.2) is 36.4 Å². The molecule has 1 heterocycles. The van der Waals surface area contributed by atoms with Crippen LogP contribution in [-0.2, 0) is 4.79 Å². The number of anilines is 2. The number of hydrogen-bond acceptors (Lipinski definition) is 6. The lowest BCUT2D eigenvalue weighted by molar-refractivity contribution is -0.132. The molecular formula is C26H36N4O4. The van der Waals surface area contributed by atoms with Gasteiger partial charge in [-0.15, -0.1) is 0 Å². The van der Waals surface area contributed by atoms with E-state index < -0.39 is 0 Å². The van der Waals surface area contributed by atoms with Crippen molar-refractivity contribution in [3.63, 3.8) is 0 Å². The molecule has 0 saturated carbocycles. The van der Waals surface area contributed by atoms with Gasteiger partial charge in [-0.25, -0.2) is 0 Å². The summed E-state index contributed by atoms with van der Waals surface area (Å²) >= 11 is 0. The van der Waals surface area contributed by atoms with Crippen molar-refractivity contribution < 1.29 is 19.1 Å². The number of aryl methyl sites for hydroxylation is 1. The summed E-state index contributed by atoms with van der Waals surface area (Å²) in [4.78, 5) is 29.4. The average molecular weight is 469 g/mol. The second kappa shape index (κ2) is 12.3. The molecule has 8 nitrogen and oxygen atoms in total. The van der Waals surface area contributed by atoms with Gasteiger partial charge < -0.3 is 30.3 Å². The maximum atomic E-state index is 12.8. The molecule has 0 aliphatic carbocycles. The summed E-state index contributed by atoms with van der Waals surface area (Å²) in [5, 5.41) is 2.90. The number of carbonyl (C=O) groups is 2. The zero-order valence-electron chi connectivity index (χ0n) is 20.4. The number of piperazine rings is 1. The van der Waals surface area contributed by atoms with Crippen LogP contribution in [-0.4, -0.2) is 68.6 Å². The minimum absolute atomic E-state index is 0.245. The van der Waals surface area contributed by atoms with Gasteiger partial charge in [-0.05, 0) is 63.1 Å². The number of nitrogens with one attached hydrogen (secondary N) is 1. The molecule has 34 heavy (non-hydrogen) atoms. The molecule has 0 bridgehead atoms. The van der Waals surface area contributed by atoms with Gasteiger partial charge >= 0.3 is 0 Å². The van der Waals surface area contributed by atoms with E-state index >= 15 is 0 Å². The lowest BCUT2D eigenvalue weighted by Crippen LogP contribution is -2.47. The van der Waals surface area contributed by atoms with Crippen LogP contribution in [0.3, 0.4) is 0 Å². The van der Waals surface area contributed by atoms with Crippen LogP contribution >= 0.6 is 0 Å². The Morgan fingerprint density at radius 3 is 2.53 bits per heavy atom. The van der Waals surface area contributed by atoms with Gasteiger partial charge in [0.2, 0.25) is 5.91 Å². The van der Waals surface area contributed by atoms with Gasteiger partial charge in [0.1, 0.15) is 11.5 Å². The fraction of sp³-hybridized carbons (Fsp3) is 0.462. The molecule has 184 valence electrons. The van der Waals surface area contributed by atoms with Crippen molar-refractivity contribution in [1.29, 1.82) is 0 Å². The Bertz CT molecular complexity index is 987. The molecule has 0 atom stereocenters. The van der Waals surface area contributed by atoms with Crippen molar-refractivity contribution in [1.82, 2.24) is 9.80 Å². The number of rotatable bonds is 10. The zero-order valence-corrected chi connectivity index (χ0v) is 20.4. The predicted molar refractivity (Wildman–Crippen MR) is 135 cm³/mol. The van der Waals surface area contributed by atoms with Gasteiger partial charge in [-0.2, -0.15) is 0 Å². The van der Waals surface area contributed by atoms with Crippen molar-refractivity contribution in [3.05, 3.63) is 47.5 Å². The van der Waals surface area contributed by atoms with Crippen molar-refractivity contribution in [2.24, 2.45) is 0 Å². The molecule has 0 aromatic heterocycles. The van der Waals surface area contributed by atoms with Crippen LogP contribution in [0, 0.1) is 6.92 Å². The third-order valence-electron chi connectivity index (χ3n) is 6.06. The smallest absolute Gasteiger partial charge is 0.257 e. The molecule has 0 unspecified atom stereocenters. The SMILES string of the molecule is COc1cccc(C(=O)Nc2ccc(C)cc2OCCCCCC(=O)N2CCN(C)CC2)c1N. The summed E-state index contributed by atoms with van der Waals surface area (Å²) < 4.78 is 11.2. The Hall–Kier alpha value is -3.26. The monoisotopic (exact) mass is 468 g/mol. The van der Waals surface area contributed by atoms with E-state index in [0.717, 1.165) is 51.0 Å². The van der Waals surface area contributed by atoms with Crippen molar-refractivity contribution in [3.8, 4) is 11.5 Å². The second-order valence-corrected chi connectivity index (χ2v) is 8.72. The molecule has 2 amide bonds. The molecule has 2 aromatic carbocycles. The molecule has 0 radical (unpaired) electrons. The quantitative estimate of drug-likeness (QED) is 0.409. The van der Waals surface area contributed by atoms with Gasteiger partial charge in [-0.3, -0.25) is 9.59 Å². The molecular weight excluding hydrogens is 432 g/mol. The normalized spacial score (nSPS) is 14.0. The highest BCUT2D eigenvalue weighted by atomic mass is 16.5. The maximum absolute atomic E-state index is 12.8. The molecule has 0 spiro atoms. The number of hydrogen-bond donors (Lipinski definition) is 2. The molecule has 1 aliphatic rings. The Labute approximate surface area is 202 Å². The summed E-state index contributed by atoms with van der Waals surface area (Å²) in [5.74, 6) is 0.990. The van der Waals surface area contributed by atoms with Crippen LogP contribution in [0.4, 0.5) is 11.4 Å². The number of carbonyl (C=O) groups excluding carboxylic acids is 2. The van der Waals surface area contributed by atoms with E-state index in [0.29, 0.717) is 41.5 Å². The zero-order chi connectivity index (χ0) is 24.5. The first-order valence-corrected chi connectivity index (χ1v) is 11.8. The Morgan fingerprint density at radius 1 is 1.03 bits per heavy atom. The Balaban J connectivity index is 1.48. The Morgan fingerprint density at radius 2 is 1.79 bits per heavy atom. The number of benzene rings is 2. The average Bonchev–Trinajstić information content (AvgIpc) is 2.83. The van der Waals surface area contributed by atoms with Gasteiger partial charge in [0.05, 0.1) is 30.7 Å². The maximum Gasteiger partial charge on any atom is 0.257 e. The number of nitrogen functional groups attached to an aromatic ring is 1. The lowest BCUT2D eigenvalue weighted by atomic mass is 10.1. The highest BCUT2D eigenvalue weighted by molar-refractivity contribution is 6.09. The molecule has 1 aliphatic heterocycles. The predicted octanol–water partition coefficient (Wildman–Crippen LogP) is 3.55. The third kappa shape index (κ3) is 6.87. The fourth-order valence-electron chi connectivity index (χ4n) is 3.91. The van der Waals surface area contributed by atoms with Crippen molar-refractivity contribution in [2.75, 3.05) is 58.0 Å². The molecule has 1 fully saturated rings. The number of nitrogens with zero attached hydrogens (tertiary/aromatic N) is 2. The first kappa shape index (κ1) is 25.4. The lowest BCUT2D eigenvalue weighted by Gasteiger charge is -2.32. The molecule has 2 aromatic rings. The van der Waals surface area contributed by atoms with Gasteiger partial charge in [0, 0.05) is 32.6 Å². The highest BCUT2D eigenvalue weighted by Gasteiger charge is 2.18. The summed E-state index contributed by atoms with van der Waals surface area (Å²) in [7, 11) is 3.60. The standard InChI is InChI=1S/C26H36N4O4/c1-19-11-12-21(28-26(32)20-8-7-9-22(33-3)25(20)27)23(18-19)34-17-6-4-5-10-24(31)30-15-13-29(2)14-16-30/h7-9,11-12,18H,4-6,10,13-17,27H2,1-3H3,(H,28,32). The molecule has 8 heteroatoms. The topological polar surface area (TPSA) is 97.1 Å². The number of unbranched alkanes of at least 4 members (excludes halogenated alkanes) is 2. The summed E-state index contributed by atoms with van der Waals surface area (Å²) in [6.07, 6.45) is 3.17. The van der Waals surface area contributed by atoms with Crippen LogP contribution < -0.4 is 20.5 Å². The van der Waals surface area contributed by atoms with Crippen molar-refractivity contribution in [2.45, 2.75) is 32.6 Å². The minimum atomic E-state index is -0.326. The number of nitrogens with two attached hydrogens (primary N) is 1. The number of para-hydroxylation sites is 1. The highest BCUT2D eigenvalue weighted by Crippen LogP contribution is 2.29. The van der Waals surface area contributed by atoms with Crippen LogP contribution in [0.1, 0.15) is 41.6 Å². The summed E-state index contributed by atoms with van der Waals surface area (Å²) in [6, 6.07) is 10.7. The van der Waals surface area contributed by atoms with Gasteiger partial charge in [0.15, 0.2) is 0 Å². The second-order valence-electron chi connectivity index (χ2n) is 8.72. The van der Waals surface area contributed by atoms with E-state index in [1.54, 1.807) is 18.2 Å². The number of likely N-dealkylation sites (N-methyl/N-ethyl adjacent to an activating group) is 1. The van der Waals surface area contributed by atoms with Crippen LogP contribution in [0.2, 0.25) is 0 Å². The van der Waals surface area contributed by atoms with Crippen LogP contribution in [0.5, 0.6) is 11.5 Å². The van der Waals surface area contributed by atoms with E-state index in [4.69, 9.17) is 15.2 Å². The molecule has 1 saturated heterocycles. The van der Waals surface area contributed by atoms with E-state index in [-0.39, 0.29) is 11.8 Å². The molecule has 3 rings (SSSR count). The largest absolute Gasteiger partial charge is 0.495 e. The number of methoxy groups -OCH3 is 1. The van der Waals surface area contributed by atoms with E-state index in [1.807, 2.05) is 30.0 Å². The fourth-order valence-corrected chi connectivity index (χ4v) is 3.91. The number of ether oxygens (including phenoxy) is 2. The van der Waals surface area contributed by atoms with E-state index in [9.17, 15) is 9.59 Å². The third-order valence-corrected chi connectivity index (χ3v) is 6.06. The summed E-state index contributed by atoms with van der Waals surface area (Å²) in [6.45, 7) is 6.01. The minimum Gasteiger partial charge on any atom is -0.495 e.